The lowest BCUT2D eigenvalue weighted by Crippen LogP contribution is -2.45. The predicted molar refractivity (Wildman–Crippen MR) is 87.1 cm³/mol. The molecule has 2 amide bonds. The summed E-state index contributed by atoms with van der Waals surface area (Å²) in [5, 5.41) is 4.68. The second-order valence-corrected chi connectivity index (χ2v) is 8.42. The van der Waals surface area contributed by atoms with Crippen LogP contribution in [0.4, 0.5) is 5.69 Å². The van der Waals surface area contributed by atoms with E-state index in [4.69, 9.17) is 11.6 Å². The number of hydrogen-bond donors (Lipinski definition) is 1. The summed E-state index contributed by atoms with van der Waals surface area (Å²) in [4.78, 5) is 24.9. The highest BCUT2D eigenvalue weighted by Crippen LogP contribution is 2.38. The number of nitrogens with zero attached hydrogens (tertiary/aromatic N) is 1. The molecule has 1 atom stereocenters. The molecule has 0 saturated carbocycles. The smallest absolute Gasteiger partial charge is 0.276 e. The molecule has 0 bridgehead atoms. The van der Waals surface area contributed by atoms with E-state index in [0.29, 0.717) is 15.0 Å². The van der Waals surface area contributed by atoms with E-state index in [1.807, 2.05) is 0 Å². The van der Waals surface area contributed by atoms with E-state index in [2.05, 4.69) is 5.32 Å². The molecule has 9 heteroatoms. The largest absolute Gasteiger partial charge is 0.325 e. The highest BCUT2D eigenvalue weighted by atomic mass is 35.5. The first kappa shape index (κ1) is 16.0. The molecule has 120 valence electrons. The zero-order chi connectivity index (χ0) is 16.8. The van der Waals surface area contributed by atoms with Crippen LogP contribution in [0.1, 0.15) is 11.5 Å². The van der Waals surface area contributed by atoms with Gasteiger partial charge in [0.2, 0.25) is 5.91 Å². The Hall–Kier alpha value is -1.90. The molecule has 1 aromatic carbocycles. The van der Waals surface area contributed by atoms with Crippen LogP contribution < -0.4 is 5.32 Å². The van der Waals surface area contributed by atoms with Gasteiger partial charge in [-0.25, -0.2) is 12.7 Å². The molecule has 0 fully saturated rings. The average molecular weight is 371 g/mol. The van der Waals surface area contributed by atoms with Gasteiger partial charge in [0.15, 0.2) is 0 Å². The van der Waals surface area contributed by atoms with Crippen LogP contribution in [0, 0.1) is 0 Å². The van der Waals surface area contributed by atoms with Gasteiger partial charge < -0.3 is 5.32 Å². The van der Waals surface area contributed by atoms with Crippen LogP contribution in [0.15, 0.2) is 39.9 Å². The van der Waals surface area contributed by atoms with Crippen molar-refractivity contribution in [3.8, 4) is 0 Å². The second kappa shape index (κ2) is 5.63. The number of thiophene rings is 1. The Kier molecular flexibility index (Phi) is 3.91. The maximum atomic E-state index is 12.5. The number of likely N-dealkylation sites (N-methyl/N-ethyl adjacent to an activating group) is 1. The summed E-state index contributed by atoms with van der Waals surface area (Å²) in [7, 11) is -2.71. The Morgan fingerprint density at radius 2 is 1.91 bits per heavy atom. The Morgan fingerprint density at radius 3 is 2.57 bits per heavy atom. The third-order valence-electron chi connectivity index (χ3n) is 3.50. The Morgan fingerprint density at radius 1 is 1.26 bits per heavy atom. The van der Waals surface area contributed by atoms with Crippen molar-refractivity contribution in [3.05, 3.63) is 46.3 Å². The molecule has 1 unspecified atom stereocenters. The van der Waals surface area contributed by atoms with Crippen LogP contribution in [0.25, 0.3) is 0 Å². The van der Waals surface area contributed by atoms with E-state index in [-0.39, 0.29) is 9.77 Å². The minimum atomic E-state index is -3.87. The van der Waals surface area contributed by atoms with Gasteiger partial charge in [-0.2, -0.15) is 0 Å². The maximum Gasteiger partial charge on any atom is 0.276 e. The van der Waals surface area contributed by atoms with Gasteiger partial charge in [0.25, 0.3) is 15.9 Å². The molecule has 0 saturated heterocycles. The first-order chi connectivity index (χ1) is 10.8. The van der Waals surface area contributed by atoms with Gasteiger partial charge in [0.1, 0.15) is 10.1 Å². The SMILES string of the molecule is CN1C(=O)C(C(=O)Nc2ccc(Cl)cc2)c2ccsc2S1(=O)=O. The summed E-state index contributed by atoms with van der Waals surface area (Å²) in [6, 6.07) is 7.90. The van der Waals surface area contributed by atoms with Crippen LogP contribution >= 0.6 is 22.9 Å². The average Bonchev–Trinajstić information content (AvgIpc) is 2.98. The predicted octanol–water partition coefficient (Wildman–Crippen LogP) is 2.28. The number of anilines is 1. The van der Waals surface area contributed by atoms with Crippen LogP contribution in [-0.4, -0.2) is 31.6 Å². The summed E-state index contributed by atoms with van der Waals surface area (Å²) in [5.41, 5.74) is 0.685. The molecule has 0 aliphatic carbocycles. The summed E-state index contributed by atoms with van der Waals surface area (Å²) in [6.07, 6.45) is 0. The van der Waals surface area contributed by atoms with Gasteiger partial charge in [-0.05, 0) is 35.7 Å². The van der Waals surface area contributed by atoms with Crippen molar-refractivity contribution in [2.75, 3.05) is 12.4 Å². The van der Waals surface area contributed by atoms with Crippen molar-refractivity contribution < 1.29 is 18.0 Å². The minimum absolute atomic E-state index is 0.0239. The maximum absolute atomic E-state index is 12.5. The van der Waals surface area contributed by atoms with Crippen LogP contribution in [0.2, 0.25) is 5.02 Å². The van der Waals surface area contributed by atoms with E-state index in [1.165, 1.54) is 6.07 Å². The molecule has 0 spiro atoms. The van der Waals surface area contributed by atoms with Gasteiger partial charge in [-0.15, -0.1) is 11.3 Å². The van der Waals surface area contributed by atoms with Crippen LogP contribution in [0.5, 0.6) is 0 Å². The Bertz CT molecular complexity index is 890. The lowest BCUT2D eigenvalue weighted by molar-refractivity contribution is -0.132. The van der Waals surface area contributed by atoms with Crippen molar-refractivity contribution in [2.45, 2.75) is 10.1 Å². The zero-order valence-corrected chi connectivity index (χ0v) is 14.2. The third kappa shape index (κ3) is 2.62. The van der Waals surface area contributed by atoms with Gasteiger partial charge in [0.05, 0.1) is 0 Å². The van der Waals surface area contributed by atoms with E-state index in [0.717, 1.165) is 18.4 Å². The molecule has 1 aliphatic heterocycles. The monoisotopic (exact) mass is 370 g/mol. The molecule has 2 heterocycles. The Labute approximate surface area is 141 Å². The molecule has 1 N–H and O–H groups in total. The lowest BCUT2D eigenvalue weighted by Gasteiger charge is -2.28. The molecule has 1 aromatic heterocycles. The van der Waals surface area contributed by atoms with Crippen molar-refractivity contribution in [1.29, 1.82) is 0 Å². The first-order valence-corrected chi connectivity index (χ1v) is 9.18. The fourth-order valence-electron chi connectivity index (χ4n) is 2.29. The summed E-state index contributed by atoms with van der Waals surface area (Å²) >= 11 is 6.77. The standard InChI is InChI=1S/C14H11ClN2O4S2/c1-17-13(19)11(10-6-7-22-14(10)23(17,20)21)12(18)16-9-4-2-8(15)3-5-9/h2-7,11H,1H3,(H,16,18). The number of nitrogens with one attached hydrogen (secondary N) is 1. The number of sulfonamides is 1. The number of fused-ring (bicyclic) bond motifs is 1. The molecular weight excluding hydrogens is 360 g/mol. The zero-order valence-electron chi connectivity index (χ0n) is 11.8. The van der Waals surface area contributed by atoms with Gasteiger partial charge in [-0.3, -0.25) is 9.59 Å². The summed E-state index contributed by atoms with van der Waals surface area (Å²) in [5.74, 6) is -2.55. The Balaban J connectivity index is 1.97. The number of amides is 2. The molecule has 23 heavy (non-hydrogen) atoms. The van der Waals surface area contributed by atoms with Crippen molar-refractivity contribution in [3.63, 3.8) is 0 Å². The highest BCUT2D eigenvalue weighted by molar-refractivity contribution is 7.91. The number of benzene rings is 1. The fraction of sp³-hybridized carbons (Fsp3) is 0.143. The van der Waals surface area contributed by atoms with E-state index in [9.17, 15) is 18.0 Å². The van der Waals surface area contributed by atoms with Crippen molar-refractivity contribution in [1.82, 2.24) is 4.31 Å². The molecule has 6 nitrogen and oxygen atoms in total. The summed E-state index contributed by atoms with van der Waals surface area (Å²) in [6.45, 7) is 0. The topological polar surface area (TPSA) is 83.6 Å². The minimum Gasteiger partial charge on any atom is -0.325 e. The molecular formula is C14H11ClN2O4S2. The van der Waals surface area contributed by atoms with Gasteiger partial charge >= 0.3 is 0 Å². The van der Waals surface area contributed by atoms with Crippen LogP contribution in [-0.2, 0) is 19.6 Å². The van der Waals surface area contributed by atoms with Gasteiger partial charge in [0, 0.05) is 23.3 Å². The summed E-state index contributed by atoms with van der Waals surface area (Å²) < 4.78 is 25.1. The molecule has 3 rings (SSSR count). The van der Waals surface area contributed by atoms with E-state index in [1.54, 1.807) is 29.6 Å². The third-order valence-corrected chi connectivity index (χ3v) is 7.00. The van der Waals surface area contributed by atoms with E-state index < -0.39 is 27.8 Å². The van der Waals surface area contributed by atoms with Crippen molar-refractivity contribution >= 4 is 50.5 Å². The highest BCUT2D eigenvalue weighted by Gasteiger charge is 2.45. The number of rotatable bonds is 2. The van der Waals surface area contributed by atoms with E-state index >= 15 is 0 Å². The number of halogens is 1. The number of hydrogen-bond acceptors (Lipinski definition) is 5. The molecule has 2 aromatic rings. The van der Waals surface area contributed by atoms with Crippen molar-refractivity contribution in [2.24, 2.45) is 0 Å². The second-order valence-electron chi connectivity index (χ2n) is 4.90. The lowest BCUT2D eigenvalue weighted by atomic mass is 10.00. The molecule has 1 aliphatic rings. The number of carbonyl (C=O) groups excluding carboxylic acids is 2. The molecule has 0 radical (unpaired) electrons. The van der Waals surface area contributed by atoms with Gasteiger partial charge in [-0.1, -0.05) is 11.6 Å². The quantitative estimate of drug-likeness (QED) is 0.822. The normalized spacial score (nSPS) is 19.3. The number of carbonyl (C=O) groups is 2. The fourth-order valence-corrected chi connectivity index (χ4v) is 5.14. The first-order valence-electron chi connectivity index (χ1n) is 6.49. The van der Waals surface area contributed by atoms with Crippen LogP contribution in [0.3, 0.4) is 0 Å².